The Morgan fingerprint density at radius 2 is 2.25 bits per heavy atom. The smallest absolute Gasteiger partial charge is 0.341 e. The van der Waals surface area contributed by atoms with Gasteiger partial charge >= 0.3 is 5.97 Å². The third kappa shape index (κ3) is 3.60. The van der Waals surface area contributed by atoms with Crippen molar-refractivity contribution in [3.8, 4) is 0 Å². The number of nitrogens with zero attached hydrogens (tertiary/aromatic N) is 3. The summed E-state index contributed by atoms with van der Waals surface area (Å²) in [7, 11) is 1.89. The van der Waals surface area contributed by atoms with Crippen molar-refractivity contribution in [1.29, 1.82) is 0 Å². The lowest BCUT2D eigenvalue weighted by molar-refractivity contribution is 0.0523. The molecule has 0 spiro atoms. The lowest BCUT2D eigenvalue weighted by Gasteiger charge is -2.22. The second-order valence-electron chi connectivity index (χ2n) is 5.40. The lowest BCUT2D eigenvalue weighted by atomic mass is 10.2. The Balaban J connectivity index is 2.10. The lowest BCUT2D eigenvalue weighted by Crippen LogP contribution is -2.28. The number of rotatable bonds is 8. The quantitative estimate of drug-likeness (QED) is 0.685. The van der Waals surface area contributed by atoms with Gasteiger partial charge in [-0.1, -0.05) is 13.3 Å². The molecule has 20 heavy (non-hydrogen) atoms. The van der Waals surface area contributed by atoms with E-state index in [9.17, 15) is 4.79 Å². The van der Waals surface area contributed by atoms with Crippen LogP contribution < -0.4 is 0 Å². The largest absolute Gasteiger partial charge is 0.462 e. The van der Waals surface area contributed by atoms with Crippen LogP contribution in [0.1, 0.15) is 55.6 Å². The van der Waals surface area contributed by atoms with Gasteiger partial charge in [0.15, 0.2) is 0 Å². The van der Waals surface area contributed by atoms with Crippen LogP contribution >= 0.6 is 0 Å². The van der Waals surface area contributed by atoms with Crippen LogP contribution in [0, 0.1) is 0 Å². The molecule has 1 aromatic heterocycles. The average Bonchev–Trinajstić information content (AvgIpc) is 3.20. The molecule has 1 saturated carbocycles. The standard InChI is InChI=1S/C15H25N3O2/c1-4-6-9-18(12-7-8-12)11-14-13(10-16-17(14)3)15(19)20-5-2/h10,12H,4-9,11H2,1-3H3. The van der Waals surface area contributed by atoms with Gasteiger partial charge in [0.1, 0.15) is 5.56 Å². The Hall–Kier alpha value is -1.36. The molecule has 2 rings (SSSR count). The van der Waals surface area contributed by atoms with E-state index in [0.29, 0.717) is 18.2 Å². The molecule has 5 nitrogen and oxygen atoms in total. The third-order valence-corrected chi connectivity index (χ3v) is 3.77. The van der Waals surface area contributed by atoms with Crippen molar-refractivity contribution in [3.05, 3.63) is 17.5 Å². The molecular weight excluding hydrogens is 254 g/mol. The maximum Gasteiger partial charge on any atom is 0.341 e. The van der Waals surface area contributed by atoms with Gasteiger partial charge in [-0.3, -0.25) is 9.58 Å². The number of carbonyl (C=O) groups is 1. The van der Waals surface area contributed by atoms with Gasteiger partial charge < -0.3 is 4.74 Å². The zero-order chi connectivity index (χ0) is 14.5. The topological polar surface area (TPSA) is 47.4 Å². The molecule has 0 aromatic carbocycles. The first-order valence-electron chi connectivity index (χ1n) is 7.59. The van der Waals surface area contributed by atoms with E-state index in [1.54, 1.807) is 10.9 Å². The van der Waals surface area contributed by atoms with Crippen LogP contribution in [0.2, 0.25) is 0 Å². The Morgan fingerprint density at radius 3 is 2.85 bits per heavy atom. The van der Waals surface area contributed by atoms with Gasteiger partial charge in [-0.05, 0) is 32.7 Å². The maximum absolute atomic E-state index is 12.0. The number of hydrogen-bond donors (Lipinski definition) is 0. The average molecular weight is 279 g/mol. The molecule has 0 amide bonds. The van der Waals surface area contributed by atoms with Crippen molar-refractivity contribution in [2.24, 2.45) is 7.05 Å². The molecule has 0 aliphatic heterocycles. The minimum atomic E-state index is -0.262. The van der Waals surface area contributed by atoms with Gasteiger partial charge in [0.2, 0.25) is 0 Å². The van der Waals surface area contributed by atoms with Crippen molar-refractivity contribution in [2.75, 3.05) is 13.2 Å². The Morgan fingerprint density at radius 1 is 1.50 bits per heavy atom. The second kappa shape index (κ2) is 6.88. The van der Waals surface area contributed by atoms with E-state index in [1.807, 2.05) is 14.0 Å². The first-order chi connectivity index (χ1) is 9.67. The van der Waals surface area contributed by atoms with Gasteiger partial charge in [-0.25, -0.2) is 4.79 Å². The summed E-state index contributed by atoms with van der Waals surface area (Å²) < 4.78 is 6.91. The minimum Gasteiger partial charge on any atom is -0.462 e. The van der Waals surface area contributed by atoms with E-state index >= 15 is 0 Å². The van der Waals surface area contributed by atoms with Crippen LogP contribution in [-0.4, -0.2) is 39.8 Å². The van der Waals surface area contributed by atoms with Gasteiger partial charge in [0, 0.05) is 19.6 Å². The second-order valence-corrected chi connectivity index (χ2v) is 5.40. The molecule has 1 aliphatic carbocycles. The van der Waals surface area contributed by atoms with Crippen molar-refractivity contribution in [1.82, 2.24) is 14.7 Å². The molecule has 1 aromatic rings. The molecule has 0 saturated heterocycles. The first kappa shape index (κ1) is 15.0. The maximum atomic E-state index is 12.0. The zero-order valence-corrected chi connectivity index (χ0v) is 12.8. The highest BCUT2D eigenvalue weighted by molar-refractivity contribution is 5.90. The summed E-state index contributed by atoms with van der Waals surface area (Å²) >= 11 is 0. The number of unbranched alkanes of at least 4 members (excludes halogenated alkanes) is 1. The Kier molecular flexibility index (Phi) is 5.17. The number of esters is 1. The van der Waals surface area contributed by atoms with Crippen molar-refractivity contribution in [2.45, 2.75) is 52.1 Å². The Labute approximate surface area is 120 Å². The fraction of sp³-hybridized carbons (Fsp3) is 0.733. The highest BCUT2D eigenvalue weighted by Crippen LogP contribution is 2.29. The summed E-state index contributed by atoms with van der Waals surface area (Å²) in [4.78, 5) is 14.4. The number of ether oxygens (including phenoxy) is 1. The number of hydrogen-bond acceptors (Lipinski definition) is 4. The summed E-state index contributed by atoms with van der Waals surface area (Å²) in [6.45, 7) is 6.31. The van der Waals surface area contributed by atoms with E-state index in [0.717, 1.165) is 18.8 Å². The molecule has 1 aliphatic rings. The van der Waals surface area contributed by atoms with E-state index in [1.165, 1.54) is 25.7 Å². The van der Waals surface area contributed by atoms with E-state index in [2.05, 4.69) is 16.9 Å². The molecule has 1 heterocycles. The predicted octanol–water partition coefficient (Wildman–Crippen LogP) is 2.36. The molecule has 5 heteroatoms. The molecule has 0 atom stereocenters. The van der Waals surface area contributed by atoms with E-state index in [4.69, 9.17) is 4.74 Å². The van der Waals surface area contributed by atoms with Crippen LogP contribution in [0.15, 0.2) is 6.20 Å². The molecule has 1 fully saturated rings. The monoisotopic (exact) mass is 279 g/mol. The van der Waals surface area contributed by atoms with Crippen LogP contribution in [0.5, 0.6) is 0 Å². The number of aryl methyl sites for hydroxylation is 1. The van der Waals surface area contributed by atoms with Crippen LogP contribution in [0.25, 0.3) is 0 Å². The van der Waals surface area contributed by atoms with Crippen molar-refractivity contribution < 1.29 is 9.53 Å². The summed E-state index contributed by atoms with van der Waals surface area (Å²) in [6.07, 6.45) is 6.56. The summed E-state index contributed by atoms with van der Waals surface area (Å²) in [5, 5.41) is 4.22. The molecule has 0 unspecified atom stereocenters. The third-order valence-electron chi connectivity index (χ3n) is 3.77. The SMILES string of the molecule is CCCCN(Cc1c(C(=O)OCC)cnn1C)C1CC1. The minimum absolute atomic E-state index is 0.262. The molecular formula is C15H25N3O2. The fourth-order valence-electron chi connectivity index (χ4n) is 2.41. The van der Waals surface area contributed by atoms with Gasteiger partial charge in [-0.2, -0.15) is 5.10 Å². The van der Waals surface area contributed by atoms with Gasteiger partial charge in [0.05, 0.1) is 18.5 Å². The van der Waals surface area contributed by atoms with Crippen molar-refractivity contribution in [3.63, 3.8) is 0 Å². The number of aromatic nitrogens is 2. The Bertz CT molecular complexity index is 452. The van der Waals surface area contributed by atoms with Gasteiger partial charge in [0.25, 0.3) is 0 Å². The van der Waals surface area contributed by atoms with Crippen LogP contribution in [-0.2, 0) is 18.3 Å². The zero-order valence-electron chi connectivity index (χ0n) is 12.8. The molecule has 0 bridgehead atoms. The molecule has 0 N–H and O–H groups in total. The summed E-state index contributed by atoms with van der Waals surface area (Å²) in [5.74, 6) is -0.262. The normalized spacial score (nSPS) is 14.8. The van der Waals surface area contributed by atoms with Crippen LogP contribution in [0.4, 0.5) is 0 Å². The fourth-order valence-corrected chi connectivity index (χ4v) is 2.41. The van der Waals surface area contributed by atoms with Crippen molar-refractivity contribution >= 4 is 5.97 Å². The summed E-state index contributed by atoms with van der Waals surface area (Å²) in [5.41, 5.74) is 1.57. The van der Waals surface area contributed by atoms with Crippen LogP contribution in [0.3, 0.4) is 0 Å². The van der Waals surface area contributed by atoms with E-state index < -0.39 is 0 Å². The molecule has 0 radical (unpaired) electrons. The highest BCUT2D eigenvalue weighted by Gasteiger charge is 2.30. The number of carbonyl (C=O) groups excluding carboxylic acids is 1. The van der Waals surface area contributed by atoms with Gasteiger partial charge in [-0.15, -0.1) is 0 Å². The predicted molar refractivity (Wildman–Crippen MR) is 77.5 cm³/mol. The first-order valence-corrected chi connectivity index (χ1v) is 7.59. The van der Waals surface area contributed by atoms with E-state index in [-0.39, 0.29) is 5.97 Å². The highest BCUT2D eigenvalue weighted by atomic mass is 16.5. The molecule has 112 valence electrons. The summed E-state index contributed by atoms with van der Waals surface area (Å²) in [6, 6.07) is 0.687.